The Kier molecular flexibility index (Phi) is 7.62. The lowest BCUT2D eigenvalue weighted by Crippen LogP contribution is -2.17. The van der Waals surface area contributed by atoms with Crippen LogP contribution in [0.25, 0.3) is 22.3 Å². The zero-order valence-electron chi connectivity index (χ0n) is 19.9. The number of nitrogens with two attached hydrogens (primary N) is 1. The molecule has 0 fully saturated rings. The number of hydrogen-bond donors (Lipinski definition) is 2. The maximum atomic E-state index is 5.83. The lowest BCUT2D eigenvalue weighted by molar-refractivity contribution is 0.884. The van der Waals surface area contributed by atoms with Gasteiger partial charge in [-0.25, -0.2) is 0 Å². The molecule has 5 rings (SSSR count). The molecule has 1 atom stereocenters. The predicted octanol–water partition coefficient (Wildman–Crippen LogP) is 8.20. The molecule has 0 saturated carbocycles. The highest BCUT2D eigenvalue weighted by Crippen LogP contribution is 2.25. The number of rotatable bonds is 4. The molecule has 170 valence electrons. The van der Waals surface area contributed by atoms with Gasteiger partial charge in [0.1, 0.15) is 0 Å². The Labute approximate surface area is 203 Å². The normalized spacial score (nSPS) is 14.2. The number of nitrogen functional groups attached to an aromatic ring is 1. The number of benzene rings is 4. The van der Waals surface area contributed by atoms with Gasteiger partial charge in [0.25, 0.3) is 0 Å². The summed E-state index contributed by atoms with van der Waals surface area (Å²) in [4.78, 5) is 0. The van der Waals surface area contributed by atoms with Crippen molar-refractivity contribution in [2.24, 2.45) is 0 Å². The van der Waals surface area contributed by atoms with Gasteiger partial charge >= 0.3 is 0 Å². The number of allylic oxidation sites excluding steroid dienone is 2. The molecule has 0 radical (unpaired) electrons. The van der Waals surface area contributed by atoms with E-state index in [4.69, 9.17) is 5.73 Å². The zero-order chi connectivity index (χ0) is 23.8. The maximum absolute atomic E-state index is 5.83. The fourth-order valence-corrected chi connectivity index (χ4v) is 3.86. The van der Waals surface area contributed by atoms with Crippen LogP contribution in [0.4, 0.5) is 11.4 Å². The van der Waals surface area contributed by atoms with Crippen molar-refractivity contribution in [2.75, 3.05) is 11.1 Å². The molecule has 3 N–H and O–H groups in total. The summed E-state index contributed by atoms with van der Waals surface area (Å²) in [5.41, 5.74) is 15.3. The highest BCUT2D eigenvalue weighted by molar-refractivity contribution is 5.70. The summed E-state index contributed by atoms with van der Waals surface area (Å²) in [6, 6.07) is 34.3. The second-order valence-electron chi connectivity index (χ2n) is 8.70. The van der Waals surface area contributed by atoms with Crippen LogP contribution in [0.3, 0.4) is 0 Å². The zero-order valence-corrected chi connectivity index (χ0v) is 19.9. The Hall–Kier alpha value is -4.04. The van der Waals surface area contributed by atoms with Crippen LogP contribution in [0.15, 0.2) is 121 Å². The van der Waals surface area contributed by atoms with Crippen molar-refractivity contribution in [3.05, 3.63) is 132 Å². The Morgan fingerprint density at radius 1 is 0.618 bits per heavy atom. The first-order chi connectivity index (χ1) is 16.6. The lowest BCUT2D eigenvalue weighted by atomic mass is 9.99. The van der Waals surface area contributed by atoms with Gasteiger partial charge < -0.3 is 11.1 Å². The van der Waals surface area contributed by atoms with Crippen molar-refractivity contribution in [3.63, 3.8) is 0 Å². The number of para-hydroxylation sites is 2. The largest absolute Gasteiger partial charge is 0.397 e. The van der Waals surface area contributed by atoms with Crippen molar-refractivity contribution >= 4 is 11.4 Å². The van der Waals surface area contributed by atoms with E-state index in [2.05, 4.69) is 116 Å². The number of aryl methyl sites for hydroxylation is 2. The number of nitrogens with one attached hydrogen (secondary N) is 1. The van der Waals surface area contributed by atoms with Gasteiger partial charge in [0.2, 0.25) is 0 Å². The predicted molar refractivity (Wildman–Crippen MR) is 148 cm³/mol. The van der Waals surface area contributed by atoms with E-state index >= 15 is 0 Å². The van der Waals surface area contributed by atoms with Crippen molar-refractivity contribution in [1.29, 1.82) is 0 Å². The molecular weight excluding hydrogens is 412 g/mol. The maximum Gasteiger partial charge on any atom is 0.0578 e. The Morgan fingerprint density at radius 3 is 1.53 bits per heavy atom. The third-order valence-electron chi connectivity index (χ3n) is 5.94. The topological polar surface area (TPSA) is 38.0 Å². The second-order valence-corrected chi connectivity index (χ2v) is 8.70. The number of hydrogen-bond acceptors (Lipinski definition) is 2. The highest BCUT2D eigenvalue weighted by atomic mass is 14.9. The molecule has 2 nitrogen and oxygen atoms in total. The van der Waals surface area contributed by atoms with Crippen LogP contribution in [-0.2, 0) is 0 Å². The van der Waals surface area contributed by atoms with E-state index < -0.39 is 0 Å². The molecule has 0 heterocycles. The van der Waals surface area contributed by atoms with Gasteiger partial charge in [0, 0.05) is 6.04 Å². The van der Waals surface area contributed by atoms with Crippen LogP contribution in [0.2, 0.25) is 0 Å². The SMILES string of the molecule is Cc1ccc(-c2ccc(-c3ccc(C)cc3)cc2)cc1.Nc1ccccc1NC1C=CC=CC1. The van der Waals surface area contributed by atoms with Gasteiger partial charge in [-0.3, -0.25) is 0 Å². The molecule has 4 aromatic rings. The first kappa shape index (κ1) is 23.1. The monoisotopic (exact) mass is 444 g/mol. The van der Waals surface area contributed by atoms with E-state index in [0.29, 0.717) is 6.04 Å². The molecular formula is C32H32N2. The molecule has 4 aromatic carbocycles. The molecule has 2 heteroatoms. The highest BCUT2D eigenvalue weighted by Gasteiger charge is 2.06. The Balaban J connectivity index is 0.000000172. The molecule has 0 amide bonds. The number of anilines is 2. The molecule has 0 spiro atoms. The molecule has 0 bridgehead atoms. The van der Waals surface area contributed by atoms with E-state index in [-0.39, 0.29) is 0 Å². The molecule has 0 saturated heterocycles. The summed E-state index contributed by atoms with van der Waals surface area (Å²) < 4.78 is 0. The third-order valence-corrected chi connectivity index (χ3v) is 5.94. The minimum absolute atomic E-state index is 0.365. The van der Waals surface area contributed by atoms with Crippen LogP contribution >= 0.6 is 0 Å². The van der Waals surface area contributed by atoms with Crippen LogP contribution < -0.4 is 11.1 Å². The van der Waals surface area contributed by atoms with Gasteiger partial charge in [0.15, 0.2) is 0 Å². The minimum Gasteiger partial charge on any atom is -0.397 e. The summed E-state index contributed by atoms with van der Waals surface area (Å²) >= 11 is 0. The van der Waals surface area contributed by atoms with Crippen LogP contribution in [0.5, 0.6) is 0 Å². The fourth-order valence-electron chi connectivity index (χ4n) is 3.86. The first-order valence-corrected chi connectivity index (χ1v) is 11.8. The van der Waals surface area contributed by atoms with Gasteiger partial charge in [-0.05, 0) is 54.7 Å². The van der Waals surface area contributed by atoms with Crippen LogP contribution in [-0.4, -0.2) is 6.04 Å². The van der Waals surface area contributed by atoms with E-state index in [1.54, 1.807) is 0 Å². The van der Waals surface area contributed by atoms with Gasteiger partial charge in [0.05, 0.1) is 11.4 Å². The van der Waals surface area contributed by atoms with Gasteiger partial charge in [-0.15, -0.1) is 0 Å². The standard InChI is InChI=1S/C20H18.C12H14N2/c1-15-3-7-17(8-4-15)19-11-13-20(14-12-19)18-9-5-16(2)6-10-18;13-11-8-4-5-9-12(11)14-10-6-2-1-3-7-10/h3-14H,1-2H3;1-6,8-10,14H,7,13H2. The van der Waals surface area contributed by atoms with E-state index in [0.717, 1.165) is 17.8 Å². The average molecular weight is 445 g/mol. The Bertz CT molecular complexity index is 1180. The molecule has 0 aliphatic heterocycles. The first-order valence-electron chi connectivity index (χ1n) is 11.8. The third kappa shape index (κ3) is 6.26. The average Bonchev–Trinajstić information content (AvgIpc) is 2.88. The van der Waals surface area contributed by atoms with Crippen molar-refractivity contribution in [1.82, 2.24) is 0 Å². The molecule has 1 aliphatic carbocycles. The van der Waals surface area contributed by atoms with Gasteiger partial charge in [-0.1, -0.05) is 120 Å². The minimum atomic E-state index is 0.365. The Morgan fingerprint density at radius 2 is 1.09 bits per heavy atom. The van der Waals surface area contributed by atoms with Crippen LogP contribution in [0.1, 0.15) is 17.5 Å². The summed E-state index contributed by atoms with van der Waals surface area (Å²) in [5.74, 6) is 0. The fraction of sp³-hybridized carbons (Fsp3) is 0.125. The van der Waals surface area contributed by atoms with Gasteiger partial charge in [-0.2, -0.15) is 0 Å². The molecule has 34 heavy (non-hydrogen) atoms. The smallest absolute Gasteiger partial charge is 0.0578 e. The molecule has 1 aliphatic rings. The lowest BCUT2D eigenvalue weighted by Gasteiger charge is -2.17. The summed E-state index contributed by atoms with van der Waals surface area (Å²) in [6.07, 6.45) is 9.43. The van der Waals surface area contributed by atoms with E-state index in [1.165, 1.54) is 33.4 Å². The second kappa shape index (κ2) is 11.2. The van der Waals surface area contributed by atoms with Crippen LogP contribution in [0, 0.1) is 13.8 Å². The van der Waals surface area contributed by atoms with Crippen molar-refractivity contribution in [3.8, 4) is 22.3 Å². The van der Waals surface area contributed by atoms with Crippen molar-refractivity contribution < 1.29 is 0 Å². The molecule has 0 aromatic heterocycles. The van der Waals surface area contributed by atoms with E-state index in [9.17, 15) is 0 Å². The summed E-state index contributed by atoms with van der Waals surface area (Å²) in [5, 5.41) is 3.39. The summed E-state index contributed by atoms with van der Waals surface area (Å²) in [7, 11) is 0. The van der Waals surface area contributed by atoms with Crippen molar-refractivity contribution in [2.45, 2.75) is 26.3 Å². The molecule has 1 unspecified atom stereocenters. The van der Waals surface area contributed by atoms with E-state index in [1.807, 2.05) is 24.3 Å². The quantitative estimate of drug-likeness (QED) is 0.311. The summed E-state index contributed by atoms with van der Waals surface area (Å²) in [6.45, 7) is 4.23.